The molecule has 4 rings (SSSR count). The Kier molecular flexibility index (Phi) is 5.00. The zero-order valence-corrected chi connectivity index (χ0v) is 16.7. The SMILES string of the molecule is CC(C)Cn1c(=O)c2cc(C(=O)NCCc3cccs3)nn2c2ccccc21. The molecule has 0 radical (unpaired) electrons. The third kappa shape index (κ3) is 3.45. The van der Waals surface area contributed by atoms with Gasteiger partial charge < -0.3 is 9.88 Å². The van der Waals surface area contributed by atoms with Crippen LogP contribution in [0.3, 0.4) is 0 Å². The van der Waals surface area contributed by atoms with Crippen molar-refractivity contribution in [3.8, 4) is 0 Å². The zero-order valence-electron chi connectivity index (χ0n) is 15.9. The molecule has 0 fully saturated rings. The Morgan fingerprint density at radius 2 is 1.93 bits per heavy atom. The second kappa shape index (κ2) is 7.59. The highest BCUT2D eigenvalue weighted by Crippen LogP contribution is 2.16. The van der Waals surface area contributed by atoms with Crippen molar-refractivity contribution in [3.63, 3.8) is 0 Å². The van der Waals surface area contributed by atoms with Crippen LogP contribution in [0, 0.1) is 5.92 Å². The zero-order chi connectivity index (χ0) is 19.7. The molecule has 0 unspecified atom stereocenters. The average molecular weight is 395 g/mol. The monoisotopic (exact) mass is 394 g/mol. The molecule has 1 N–H and O–H groups in total. The van der Waals surface area contributed by atoms with Gasteiger partial charge in [-0.2, -0.15) is 5.10 Å². The van der Waals surface area contributed by atoms with Gasteiger partial charge in [0.15, 0.2) is 5.69 Å². The number of thiophene rings is 1. The molecule has 0 saturated heterocycles. The Balaban J connectivity index is 1.70. The molecule has 0 saturated carbocycles. The van der Waals surface area contributed by atoms with Crippen molar-refractivity contribution in [3.05, 3.63) is 68.8 Å². The van der Waals surface area contributed by atoms with Gasteiger partial charge in [-0.15, -0.1) is 11.3 Å². The van der Waals surface area contributed by atoms with Crippen LogP contribution in [0.25, 0.3) is 16.6 Å². The first kappa shape index (κ1) is 18.4. The summed E-state index contributed by atoms with van der Waals surface area (Å²) in [4.78, 5) is 26.8. The number of carbonyl (C=O) groups is 1. The smallest absolute Gasteiger partial charge is 0.277 e. The average Bonchev–Trinajstić information content (AvgIpc) is 3.35. The number of rotatable bonds is 6. The summed E-state index contributed by atoms with van der Waals surface area (Å²) in [5.74, 6) is 0.0608. The molecule has 0 atom stereocenters. The maximum Gasteiger partial charge on any atom is 0.277 e. The summed E-state index contributed by atoms with van der Waals surface area (Å²) in [7, 11) is 0. The molecule has 3 heterocycles. The van der Waals surface area contributed by atoms with Crippen molar-refractivity contribution < 1.29 is 4.79 Å². The second-order valence-corrected chi connectivity index (χ2v) is 8.24. The van der Waals surface area contributed by atoms with Crippen molar-refractivity contribution in [2.75, 3.05) is 6.54 Å². The Morgan fingerprint density at radius 1 is 1.14 bits per heavy atom. The van der Waals surface area contributed by atoms with Gasteiger partial charge in [-0.05, 0) is 35.9 Å². The van der Waals surface area contributed by atoms with E-state index in [1.807, 2.05) is 41.8 Å². The van der Waals surface area contributed by atoms with Crippen LogP contribution in [-0.4, -0.2) is 26.6 Å². The fourth-order valence-electron chi connectivity index (χ4n) is 3.34. The van der Waals surface area contributed by atoms with Crippen LogP contribution in [0.15, 0.2) is 52.6 Å². The summed E-state index contributed by atoms with van der Waals surface area (Å²) in [5.41, 5.74) is 2.19. The van der Waals surface area contributed by atoms with E-state index in [1.165, 1.54) is 4.88 Å². The molecular formula is C21H22N4O2S. The molecule has 28 heavy (non-hydrogen) atoms. The summed E-state index contributed by atoms with van der Waals surface area (Å²) in [6, 6.07) is 13.3. The van der Waals surface area contributed by atoms with E-state index < -0.39 is 0 Å². The molecular weight excluding hydrogens is 372 g/mol. The normalized spacial score (nSPS) is 11.5. The van der Waals surface area contributed by atoms with Crippen molar-refractivity contribution >= 4 is 33.8 Å². The van der Waals surface area contributed by atoms with E-state index in [-0.39, 0.29) is 17.2 Å². The van der Waals surface area contributed by atoms with Crippen LogP contribution < -0.4 is 10.9 Å². The summed E-state index contributed by atoms with van der Waals surface area (Å²) >= 11 is 1.67. The van der Waals surface area contributed by atoms with Crippen LogP contribution in [-0.2, 0) is 13.0 Å². The molecule has 1 amide bonds. The molecule has 1 aromatic carbocycles. The largest absolute Gasteiger partial charge is 0.350 e. The standard InChI is InChI=1S/C21H22N4O2S/c1-14(2)13-24-17-7-3-4-8-18(17)25-19(21(24)27)12-16(23-25)20(26)22-10-9-15-6-5-11-28-15/h3-8,11-12,14H,9-10,13H2,1-2H3,(H,22,26). The van der Waals surface area contributed by atoms with Gasteiger partial charge >= 0.3 is 0 Å². The fraction of sp³-hybridized carbons (Fsp3) is 0.286. The van der Waals surface area contributed by atoms with Gasteiger partial charge in [0, 0.05) is 24.0 Å². The molecule has 0 aliphatic heterocycles. The van der Waals surface area contributed by atoms with Crippen LogP contribution in [0.5, 0.6) is 0 Å². The number of nitrogens with one attached hydrogen (secondary N) is 1. The summed E-state index contributed by atoms with van der Waals surface area (Å²) < 4.78 is 3.36. The third-order valence-electron chi connectivity index (χ3n) is 4.59. The van der Waals surface area contributed by atoms with E-state index >= 15 is 0 Å². The number of hydrogen-bond acceptors (Lipinski definition) is 4. The summed E-state index contributed by atoms with van der Waals surface area (Å²) in [6.07, 6.45) is 0.779. The number of para-hydroxylation sites is 2. The third-order valence-corrected chi connectivity index (χ3v) is 5.53. The number of benzene rings is 1. The Hall–Kier alpha value is -2.93. The van der Waals surface area contributed by atoms with Crippen LogP contribution in [0.4, 0.5) is 0 Å². The van der Waals surface area contributed by atoms with E-state index in [9.17, 15) is 9.59 Å². The maximum atomic E-state index is 13.1. The second-order valence-electron chi connectivity index (χ2n) is 7.21. The highest BCUT2D eigenvalue weighted by atomic mass is 32.1. The molecule has 3 aromatic heterocycles. The van der Waals surface area contributed by atoms with Crippen molar-refractivity contribution in [1.29, 1.82) is 0 Å². The quantitative estimate of drug-likeness (QED) is 0.545. The molecule has 7 heteroatoms. The molecule has 0 bridgehead atoms. The van der Waals surface area contributed by atoms with Gasteiger partial charge in [0.2, 0.25) is 0 Å². The lowest BCUT2D eigenvalue weighted by Crippen LogP contribution is -2.25. The van der Waals surface area contributed by atoms with Gasteiger partial charge in [0.25, 0.3) is 11.5 Å². The first-order valence-corrected chi connectivity index (χ1v) is 10.2. The van der Waals surface area contributed by atoms with Crippen molar-refractivity contribution in [2.45, 2.75) is 26.8 Å². The molecule has 0 aliphatic rings. The molecule has 4 aromatic rings. The van der Waals surface area contributed by atoms with Gasteiger partial charge in [-0.1, -0.05) is 32.0 Å². The Labute approximate surface area is 166 Å². The molecule has 0 spiro atoms. The first-order chi connectivity index (χ1) is 13.5. The molecule has 6 nitrogen and oxygen atoms in total. The number of fused-ring (bicyclic) bond motifs is 3. The predicted octanol–water partition coefficient (Wildman–Crippen LogP) is 3.34. The van der Waals surface area contributed by atoms with Gasteiger partial charge in [0.1, 0.15) is 5.52 Å². The summed E-state index contributed by atoms with van der Waals surface area (Å²) in [6.45, 7) is 5.30. The molecule has 144 valence electrons. The summed E-state index contributed by atoms with van der Waals surface area (Å²) in [5, 5.41) is 9.35. The minimum absolute atomic E-state index is 0.127. The number of aromatic nitrogens is 3. The van der Waals surface area contributed by atoms with Gasteiger partial charge in [-0.3, -0.25) is 9.59 Å². The number of carbonyl (C=O) groups excluding carboxylic acids is 1. The van der Waals surface area contributed by atoms with Crippen LogP contribution in [0.2, 0.25) is 0 Å². The van der Waals surface area contributed by atoms with E-state index in [0.717, 1.165) is 17.5 Å². The lowest BCUT2D eigenvalue weighted by Gasteiger charge is -2.13. The highest BCUT2D eigenvalue weighted by molar-refractivity contribution is 7.09. The first-order valence-electron chi connectivity index (χ1n) is 9.36. The maximum absolute atomic E-state index is 13.1. The lowest BCUT2D eigenvalue weighted by atomic mass is 10.2. The van der Waals surface area contributed by atoms with Crippen LogP contribution in [0.1, 0.15) is 29.2 Å². The van der Waals surface area contributed by atoms with Gasteiger partial charge in [-0.25, -0.2) is 4.52 Å². The molecule has 0 aliphatic carbocycles. The highest BCUT2D eigenvalue weighted by Gasteiger charge is 2.17. The topological polar surface area (TPSA) is 68.4 Å². The van der Waals surface area contributed by atoms with Crippen molar-refractivity contribution in [1.82, 2.24) is 19.5 Å². The Bertz CT molecular complexity index is 1190. The fourth-order valence-corrected chi connectivity index (χ4v) is 4.05. The minimum Gasteiger partial charge on any atom is -0.350 e. The number of amides is 1. The van der Waals surface area contributed by atoms with Gasteiger partial charge in [0.05, 0.1) is 11.0 Å². The van der Waals surface area contributed by atoms with Crippen LogP contribution >= 0.6 is 11.3 Å². The number of hydrogen-bond donors (Lipinski definition) is 1. The number of nitrogens with zero attached hydrogens (tertiary/aromatic N) is 3. The van der Waals surface area contributed by atoms with E-state index in [4.69, 9.17) is 0 Å². The van der Waals surface area contributed by atoms with E-state index in [2.05, 4.69) is 24.3 Å². The predicted molar refractivity (Wildman–Crippen MR) is 112 cm³/mol. The minimum atomic E-state index is -0.265. The lowest BCUT2D eigenvalue weighted by molar-refractivity contribution is 0.0949. The Morgan fingerprint density at radius 3 is 2.64 bits per heavy atom. The van der Waals surface area contributed by atoms with E-state index in [0.29, 0.717) is 24.5 Å². The van der Waals surface area contributed by atoms with Crippen molar-refractivity contribution in [2.24, 2.45) is 5.92 Å². The van der Waals surface area contributed by atoms with E-state index in [1.54, 1.807) is 26.5 Å².